The smallest absolute Gasteiger partial charge is 0.257 e. The Hall–Kier alpha value is -1.07. The van der Waals surface area contributed by atoms with E-state index >= 15 is 0 Å². The van der Waals surface area contributed by atoms with Crippen molar-refractivity contribution in [2.24, 2.45) is 0 Å². The number of piperidine rings is 1. The quantitative estimate of drug-likeness (QED) is 0.909. The first kappa shape index (κ1) is 13.4. The van der Waals surface area contributed by atoms with E-state index in [9.17, 15) is 9.90 Å². The van der Waals surface area contributed by atoms with Gasteiger partial charge in [0.25, 0.3) is 5.91 Å². The topological polar surface area (TPSA) is 49.8 Å². The number of carbonyl (C=O) groups excluding carboxylic acids is 1. The van der Waals surface area contributed by atoms with Gasteiger partial charge in [-0.05, 0) is 31.0 Å². The van der Waals surface area contributed by atoms with Gasteiger partial charge >= 0.3 is 0 Å². The van der Waals surface area contributed by atoms with Crippen molar-refractivity contribution in [2.45, 2.75) is 18.9 Å². The number of ether oxygens (including phenoxy) is 1. The zero-order chi connectivity index (χ0) is 13.1. The SMILES string of the molecule is COc1cc(Br)ccc1C(=O)N1CCCC(O)C1. The normalized spacial score (nSPS) is 19.7. The Kier molecular flexibility index (Phi) is 4.24. The number of amides is 1. The van der Waals surface area contributed by atoms with Gasteiger partial charge in [-0.25, -0.2) is 0 Å². The van der Waals surface area contributed by atoms with Crippen LogP contribution in [0.1, 0.15) is 23.2 Å². The first-order valence-corrected chi connectivity index (χ1v) is 6.72. The summed E-state index contributed by atoms with van der Waals surface area (Å²) in [5.41, 5.74) is 0.537. The number of β-amino-alcohol motifs (C(OH)–C–C–N with tert-alkyl or cyclic N) is 1. The number of aliphatic hydroxyl groups is 1. The van der Waals surface area contributed by atoms with Gasteiger partial charge in [0.2, 0.25) is 0 Å². The zero-order valence-electron chi connectivity index (χ0n) is 10.2. The third-order valence-electron chi connectivity index (χ3n) is 3.08. The van der Waals surface area contributed by atoms with Crippen LogP contribution in [0.2, 0.25) is 0 Å². The van der Waals surface area contributed by atoms with Gasteiger partial charge in [-0.15, -0.1) is 0 Å². The van der Waals surface area contributed by atoms with Crippen molar-refractivity contribution in [3.63, 3.8) is 0 Å². The Morgan fingerprint density at radius 3 is 3.00 bits per heavy atom. The predicted molar refractivity (Wildman–Crippen MR) is 71.8 cm³/mol. The molecule has 1 N–H and O–H groups in total. The van der Waals surface area contributed by atoms with Gasteiger partial charge < -0.3 is 14.7 Å². The number of aliphatic hydroxyl groups excluding tert-OH is 1. The van der Waals surface area contributed by atoms with Gasteiger partial charge in [-0.2, -0.15) is 0 Å². The van der Waals surface area contributed by atoms with Gasteiger partial charge in [0.15, 0.2) is 0 Å². The molecule has 0 saturated carbocycles. The van der Waals surface area contributed by atoms with Crippen LogP contribution in [0.5, 0.6) is 5.75 Å². The van der Waals surface area contributed by atoms with E-state index in [1.54, 1.807) is 24.1 Å². The number of halogens is 1. The number of likely N-dealkylation sites (tertiary alicyclic amines) is 1. The lowest BCUT2D eigenvalue weighted by Crippen LogP contribution is -2.42. The molecule has 1 aliphatic rings. The number of benzene rings is 1. The second kappa shape index (κ2) is 5.71. The highest BCUT2D eigenvalue weighted by Crippen LogP contribution is 2.25. The molecule has 5 heteroatoms. The molecule has 1 atom stereocenters. The van der Waals surface area contributed by atoms with E-state index in [4.69, 9.17) is 4.74 Å². The zero-order valence-corrected chi connectivity index (χ0v) is 11.8. The Morgan fingerprint density at radius 2 is 2.33 bits per heavy atom. The molecular weight excluding hydrogens is 298 g/mol. The van der Waals surface area contributed by atoms with Crippen molar-refractivity contribution in [3.8, 4) is 5.75 Å². The van der Waals surface area contributed by atoms with Gasteiger partial charge in [0, 0.05) is 17.6 Å². The molecule has 1 saturated heterocycles. The number of methoxy groups -OCH3 is 1. The molecule has 0 bridgehead atoms. The summed E-state index contributed by atoms with van der Waals surface area (Å²) in [4.78, 5) is 14.0. The molecule has 1 aromatic carbocycles. The van der Waals surface area contributed by atoms with E-state index in [2.05, 4.69) is 15.9 Å². The van der Waals surface area contributed by atoms with Crippen LogP contribution < -0.4 is 4.74 Å². The van der Waals surface area contributed by atoms with Crippen LogP contribution in [0.25, 0.3) is 0 Å². The molecule has 0 radical (unpaired) electrons. The summed E-state index contributed by atoms with van der Waals surface area (Å²) >= 11 is 3.35. The van der Waals surface area contributed by atoms with Crippen LogP contribution in [0.15, 0.2) is 22.7 Å². The van der Waals surface area contributed by atoms with Gasteiger partial charge in [0.1, 0.15) is 5.75 Å². The van der Waals surface area contributed by atoms with Gasteiger partial charge in [-0.1, -0.05) is 15.9 Å². The average Bonchev–Trinajstić information content (AvgIpc) is 2.37. The minimum Gasteiger partial charge on any atom is -0.496 e. The molecular formula is C13H16BrNO3. The lowest BCUT2D eigenvalue weighted by molar-refractivity contribution is 0.0471. The lowest BCUT2D eigenvalue weighted by Gasteiger charge is -2.30. The van der Waals surface area contributed by atoms with E-state index < -0.39 is 6.10 Å². The lowest BCUT2D eigenvalue weighted by atomic mass is 10.1. The number of hydrogen-bond donors (Lipinski definition) is 1. The summed E-state index contributed by atoms with van der Waals surface area (Å²) in [7, 11) is 1.55. The molecule has 0 spiro atoms. The second-order valence-corrected chi connectivity index (χ2v) is 5.31. The molecule has 4 nitrogen and oxygen atoms in total. The average molecular weight is 314 g/mol. The van der Waals surface area contributed by atoms with E-state index in [1.165, 1.54) is 0 Å². The fourth-order valence-electron chi connectivity index (χ4n) is 2.15. The molecule has 2 rings (SSSR count). The van der Waals surface area contributed by atoms with E-state index in [1.807, 2.05) is 6.07 Å². The molecule has 0 aliphatic carbocycles. The van der Waals surface area contributed by atoms with Crippen LogP contribution in [-0.4, -0.2) is 42.2 Å². The molecule has 1 amide bonds. The largest absolute Gasteiger partial charge is 0.496 e. The molecule has 1 aliphatic heterocycles. The van der Waals surface area contributed by atoms with Crippen molar-refractivity contribution >= 4 is 21.8 Å². The summed E-state index contributed by atoms with van der Waals surface area (Å²) in [5, 5.41) is 9.61. The monoisotopic (exact) mass is 313 g/mol. The molecule has 0 aromatic heterocycles. The molecule has 1 heterocycles. The Bertz CT molecular complexity index is 450. The summed E-state index contributed by atoms with van der Waals surface area (Å²) in [6.45, 7) is 1.09. The Balaban J connectivity index is 2.22. The number of nitrogens with zero attached hydrogens (tertiary/aromatic N) is 1. The van der Waals surface area contributed by atoms with Crippen LogP contribution in [0, 0.1) is 0 Å². The molecule has 1 aromatic rings. The highest BCUT2D eigenvalue weighted by atomic mass is 79.9. The van der Waals surface area contributed by atoms with Crippen LogP contribution >= 0.6 is 15.9 Å². The standard InChI is InChI=1S/C13H16BrNO3/c1-18-12-7-9(14)4-5-11(12)13(17)15-6-2-3-10(16)8-15/h4-5,7,10,16H,2-3,6,8H2,1H3. The second-order valence-electron chi connectivity index (χ2n) is 4.39. The minimum absolute atomic E-state index is 0.0851. The van der Waals surface area contributed by atoms with Crippen molar-refractivity contribution in [1.29, 1.82) is 0 Å². The van der Waals surface area contributed by atoms with Gasteiger partial charge in [0.05, 0.1) is 18.8 Å². The molecule has 1 unspecified atom stereocenters. The number of hydrogen-bond acceptors (Lipinski definition) is 3. The minimum atomic E-state index is -0.413. The third kappa shape index (κ3) is 2.84. The Morgan fingerprint density at radius 1 is 1.56 bits per heavy atom. The third-order valence-corrected chi connectivity index (χ3v) is 3.57. The van der Waals surface area contributed by atoms with Crippen molar-refractivity contribution in [3.05, 3.63) is 28.2 Å². The maximum absolute atomic E-state index is 12.4. The van der Waals surface area contributed by atoms with E-state index in [0.29, 0.717) is 24.4 Å². The van der Waals surface area contributed by atoms with Crippen LogP contribution in [0.4, 0.5) is 0 Å². The summed E-state index contributed by atoms with van der Waals surface area (Å²) in [6, 6.07) is 5.33. The molecule has 1 fully saturated rings. The maximum atomic E-state index is 12.4. The van der Waals surface area contributed by atoms with Crippen molar-refractivity contribution in [1.82, 2.24) is 4.90 Å². The maximum Gasteiger partial charge on any atom is 0.257 e. The molecule has 18 heavy (non-hydrogen) atoms. The van der Waals surface area contributed by atoms with Crippen LogP contribution in [-0.2, 0) is 0 Å². The first-order valence-electron chi connectivity index (χ1n) is 5.92. The Labute approximate surface area is 115 Å². The van der Waals surface area contributed by atoms with Crippen molar-refractivity contribution in [2.75, 3.05) is 20.2 Å². The predicted octanol–water partition coefficient (Wildman–Crippen LogP) is 2.05. The highest BCUT2D eigenvalue weighted by molar-refractivity contribution is 9.10. The van der Waals surface area contributed by atoms with Crippen LogP contribution in [0.3, 0.4) is 0 Å². The fourth-order valence-corrected chi connectivity index (χ4v) is 2.49. The first-order chi connectivity index (χ1) is 8.61. The highest BCUT2D eigenvalue weighted by Gasteiger charge is 2.25. The number of rotatable bonds is 2. The summed E-state index contributed by atoms with van der Waals surface area (Å²) in [6.07, 6.45) is 1.19. The number of carbonyl (C=O) groups is 1. The van der Waals surface area contributed by atoms with E-state index in [-0.39, 0.29) is 5.91 Å². The van der Waals surface area contributed by atoms with Gasteiger partial charge in [-0.3, -0.25) is 4.79 Å². The fraction of sp³-hybridized carbons (Fsp3) is 0.462. The molecule has 98 valence electrons. The summed E-state index contributed by atoms with van der Waals surface area (Å²) < 4.78 is 6.09. The van der Waals surface area contributed by atoms with E-state index in [0.717, 1.165) is 17.3 Å². The summed E-state index contributed by atoms with van der Waals surface area (Å²) in [5.74, 6) is 0.465. The van der Waals surface area contributed by atoms with Crippen molar-refractivity contribution < 1.29 is 14.6 Å².